The largest absolute Gasteiger partial charge is 0.448 e. The standard InChI is InChI=1S/C19H12N4O4S2/c24-18(12-4-3-5-13(10-12)23(25)26)22-20-11-14-8-9-17(27-14)29-19-21-15-6-1-2-7-16(15)28-19/h1-11H,(H,22,24)/b20-11-. The summed E-state index contributed by atoms with van der Waals surface area (Å²) in [7, 11) is 0. The number of rotatable bonds is 6. The second-order valence-electron chi connectivity index (χ2n) is 5.71. The summed E-state index contributed by atoms with van der Waals surface area (Å²) in [6.45, 7) is 0. The summed E-state index contributed by atoms with van der Waals surface area (Å²) in [6, 6.07) is 16.8. The van der Waals surface area contributed by atoms with Crippen LogP contribution in [0.5, 0.6) is 0 Å². The number of carbonyl (C=O) groups is 1. The number of para-hydroxylation sites is 1. The van der Waals surface area contributed by atoms with Crippen molar-refractivity contribution in [2.24, 2.45) is 5.10 Å². The zero-order valence-corrected chi connectivity index (χ0v) is 16.3. The fourth-order valence-electron chi connectivity index (χ4n) is 2.42. The Bertz CT molecular complexity index is 1200. The average Bonchev–Trinajstić information content (AvgIpc) is 3.34. The van der Waals surface area contributed by atoms with E-state index in [1.54, 1.807) is 23.5 Å². The van der Waals surface area contributed by atoms with Gasteiger partial charge in [-0.05, 0) is 42.1 Å². The minimum Gasteiger partial charge on any atom is -0.448 e. The third-order valence-electron chi connectivity index (χ3n) is 3.74. The zero-order valence-electron chi connectivity index (χ0n) is 14.6. The number of thiazole rings is 1. The molecule has 2 aromatic heterocycles. The van der Waals surface area contributed by atoms with Gasteiger partial charge in [0.1, 0.15) is 5.76 Å². The Labute approximate surface area is 172 Å². The molecule has 0 unspecified atom stereocenters. The first-order valence-corrected chi connectivity index (χ1v) is 9.93. The number of non-ortho nitro benzene ring substituents is 1. The van der Waals surface area contributed by atoms with Gasteiger partial charge in [0, 0.05) is 17.7 Å². The molecular formula is C19H12N4O4S2. The molecule has 0 atom stereocenters. The topological polar surface area (TPSA) is 111 Å². The Kier molecular flexibility index (Phi) is 5.36. The second kappa shape index (κ2) is 8.25. The maximum Gasteiger partial charge on any atom is 0.271 e. The molecule has 1 N–H and O–H groups in total. The van der Waals surface area contributed by atoms with Crippen LogP contribution in [0.2, 0.25) is 0 Å². The quantitative estimate of drug-likeness (QED) is 0.273. The van der Waals surface area contributed by atoms with Gasteiger partial charge < -0.3 is 4.42 Å². The Morgan fingerprint density at radius 1 is 1.21 bits per heavy atom. The number of carbonyl (C=O) groups excluding carboxylic acids is 1. The fraction of sp³-hybridized carbons (Fsp3) is 0. The number of hydrazone groups is 1. The van der Waals surface area contributed by atoms with Gasteiger partial charge in [-0.1, -0.05) is 18.2 Å². The molecular weight excluding hydrogens is 412 g/mol. The van der Waals surface area contributed by atoms with E-state index in [0.29, 0.717) is 10.9 Å². The van der Waals surface area contributed by atoms with Crippen LogP contribution < -0.4 is 5.43 Å². The van der Waals surface area contributed by atoms with E-state index in [0.717, 1.165) is 14.6 Å². The first-order chi connectivity index (χ1) is 14.1. The van der Waals surface area contributed by atoms with Gasteiger partial charge in [0.05, 0.1) is 21.4 Å². The number of benzene rings is 2. The van der Waals surface area contributed by atoms with Gasteiger partial charge >= 0.3 is 0 Å². The van der Waals surface area contributed by atoms with E-state index in [2.05, 4.69) is 15.5 Å². The van der Waals surface area contributed by atoms with Crippen LogP contribution in [0, 0.1) is 10.1 Å². The molecule has 0 fully saturated rings. The van der Waals surface area contributed by atoms with Crippen molar-refractivity contribution in [1.82, 2.24) is 10.4 Å². The first kappa shape index (κ1) is 18.8. The minimum absolute atomic E-state index is 0.142. The third kappa shape index (κ3) is 4.50. The fourth-order valence-corrected chi connectivity index (χ4v) is 4.39. The maximum absolute atomic E-state index is 12.1. The molecule has 0 aliphatic heterocycles. The molecule has 8 nitrogen and oxygen atoms in total. The van der Waals surface area contributed by atoms with Crippen molar-refractivity contribution in [1.29, 1.82) is 0 Å². The molecule has 2 aromatic carbocycles. The van der Waals surface area contributed by atoms with Gasteiger partial charge in [-0.3, -0.25) is 14.9 Å². The Balaban J connectivity index is 1.38. The van der Waals surface area contributed by atoms with E-state index >= 15 is 0 Å². The normalized spacial score (nSPS) is 11.2. The summed E-state index contributed by atoms with van der Waals surface area (Å²) < 4.78 is 7.63. The lowest BCUT2D eigenvalue weighted by Crippen LogP contribution is -2.17. The summed E-state index contributed by atoms with van der Waals surface area (Å²) in [5.41, 5.74) is 3.24. The SMILES string of the molecule is O=C(N/N=C\c1ccc(Sc2nc3ccccc3s2)o1)c1cccc([N+](=O)[O-])c1. The van der Waals surface area contributed by atoms with Gasteiger partial charge in [0.15, 0.2) is 9.43 Å². The molecule has 0 saturated heterocycles. The second-order valence-corrected chi connectivity index (χ2v) is 8.00. The lowest BCUT2D eigenvalue weighted by atomic mass is 10.2. The van der Waals surface area contributed by atoms with Gasteiger partial charge in [0.25, 0.3) is 11.6 Å². The molecule has 4 aromatic rings. The number of nitrogens with one attached hydrogen (secondary N) is 1. The van der Waals surface area contributed by atoms with Crippen molar-refractivity contribution in [3.63, 3.8) is 0 Å². The van der Waals surface area contributed by atoms with E-state index in [9.17, 15) is 14.9 Å². The van der Waals surface area contributed by atoms with Crippen molar-refractivity contribution in [2.45, 2.75) is 9.43 Å². The average molecular weight is 424 g/mol. The van der Waals surface area contributed by atoms with Crippen molar-refractivity contribution in [2.75, 3.05) is 0 Å². The first-order valence-electron chi connectivity index (χ1n) is 8.29. The van der Waals surface area contributed by atoms with Crippen LogP contribution in [0.25, 0.3) is 10.2 Å². The van der Waals surface area contributed by atoms with Crippen LogP contribution >= 0.6 is 23.1 Å². The molecule has 0 radical (unpaired) electrons. The van der Waals surface area contributed by atoms with Gasteiger partial charge in [-0.2, -0.15) is 5.10 Å². The molecule has 10 heteroatoms. The van der Waals surface area contributed by atoms with Crippen molar-refractivity contribution < 1.29 is 14.1 Å². The summed E-state index contributed by atoms with van der Waals surface area (Å²) in [5.74, 6) is -0.103. The Hall–Kier alpha value is -3.50. The predicted molar refractivity (Wildman–Crippen MR) is 111 cm³/mol. The minimum atomic E-state index is -0.562. The molecule has 29 heavy (non-hydrogen) atoms. The van der Waals surface area contributed by atoms with E-state index in [1.807, 2.05) is 24.3 Å². The van der Waals surface area contributed by atoms with Crippen LogP contribution in [0.15, 0.2) is 79.6 Å². The Morgan fingerprint density at radius 2 is 2.07 bits per heavy atom. The molecule has 0 aliphatic rings. The van der Waals surface area contributed by atoms with Gasteiger partial charge in [-0.15, -0.1) is 11.3 Å². The molecule has 0 bridgehead atoms. The molecule has 0 spiro atoms. The van der Waals surface area contributed by atoms with Crippen LogP contribution in [0.3, 0.4) is 0 Å². The lowest BCUT2D eigenvalue weighted by molar-refractivity contribution is -0.384. The summed E-state index contributed by atoms with van der Waals surface area (Å²) in [5, 5.41) is 15.3. The number of amides is 1. The lowest BCUT2D eigenvalue weighted by Gasteiger charge is -1.99. The number of hydrogen-bond acceptors (Lipinski definition) is 8. The summed E-state index contributed by atoms with van der Waals surface area (Å²) in [6.07, 6.45) is 1.36. The van der Waals surface area contributed by atoms with E-state index in [4.69, 9.17) is 4.42 Å². The van der Waals surface area contributed by atoms with Gasteiger partial charge in [-0.25, -0.2) is 10.4 Å². The van der Waals surface area contributed by atoms with Crippen molar-refractivity contribution in [3.8, 4) is 0 Å². The molecule has 4 rings (SSSR count). The number of furan rings is 1. The summed E-state index contributed by atoms with van der Waals surface area (Å²) >= 11 is 2.98. The molecule has 0 aliphatic carbocycles. The van der Waals surface area contributed by atoms with Crippen molar-refractivity contribution in [3.05, 3.63) is 82.1 Å². The van der Waals surface area contributed by atoms with Gasteiger partial charge in [0.2, 0.25) is 0 Å². The highest BCUT2D eigenvalue weighted by Crippen LogP contribution is 2.34. The van der Waals surface area contributed by atoms with Crippen LogP contribution in [-0.2, 0) is 0 Å². The van der Waals surface area contributed by atoms with Crippen LogP contribution in [0.4, 0.5) is 5.69 Å². The summed E-state index contributed by atoms with van der Waals surface area (Å²) in [4.78, 5) is 26.8. The maximum atomic E-state index is 12.1. The Morgan fingerprint density at radius 3 is 2.90 bits per heavy atom. The smallest absolute Gasteiger partial charge is 0.271 e. The molecule has 144 valence electrons. The number of nitro groups is 1. The van der Waals surface area contributed by atoms with Crippen molar-refractivity contribution >= 4 is 51.1 Å². The van der Waals surface area contributed by atoms with E-state index < -0.39 is 10.8 Å². The van der Waals surface area contributed by atoms with Crippen LogP contribution in [-0.4, -0.2) is 22.0 Å². The number of aromatic nitrogens is 1. The molecule has 0 saturated carbocycles. The zero-order chi connectivity index (χ0) is 20.2. The van der Waals surface area contributed by atoms with E-state index in [-0.39, 0.29) is 11.3 Å². The highest BCUT2D eigenvalue weighted by Gasteiger charge is 2.11. The van der Waals surface area contributed by atoms with Crippen LogP contribution in [0.1, 0.15) is 16.1 Å². The highest BCUT2D eigenvalue weighted by atomic mass is 32.2. The predicted octanol–water partition coefficient (Wildman–Crippen LogP) is 4.71. The number of nitro benzene ring substituents is 1. The number of fused-ring (bicyclic) bond motifs is 1. The molecule has 1 amide bonds. The van der Waals surface area contributed by atoms with E-state index in [1.165, 1.54) is 42.2 Å². The third-order valence-corrected chi connectivity index (χ3v) is 5.76. The highest BCUT2D eigenvalue weighted by molar-refractivity contribution is 8.01. The molecule has 2 heterocycles. The number of nitrogens with zero attached hydrogens (tertiary/aromatic N) is 3. The number of hydrogen-bond donors (Lipinski definition) is 1. The monoisotopic (exact) mass is 424 g/mol.